The van der Waals surface area contributed by atoms with E-state index in [1.165, 1.54) is 0 Å². The molecule has 82 valence electrons. The maximum Gasteiger partial charge on any atom is 0.253 e. The van der Waals surface area contributed by atoms with Crippen molar-refractivity contribution in [3.05, 3.63) is 34.9 Å². The van der Waals surface area contributed by atoms with E-state index in [2.05, 4.69) is 5.32 Å². The molecule has 1 rings (SSSR count). The highest BCUT2D eigenvalue weighted by Gasteiger charge is 2.17. The molecule has 1 atom stereocenters. The van der Waals surface area contributed by atoms with Gasteiger partial charge in [0.25, 0.3) is 5.91 Å². The number of benzene rings is 1. The average molecular weight is 207 g/mol. The van der Waals surface area contributed by atoms with Crippen LogP contribution < -0.4 is 5.32 Å². The van der Waals surface area contributed by atoms with E-state index in [-0.39, 0.29) is 5.91 Å². The monoisotopic (exact) mass is 207 g/mol. The van der Waals surface area contributed by atoms with Crippen molar-refractivity contribution in [3.63, 3.8) is 0 Å². The van der Waals surface area contributed by atoms with Crippen molar-refractivity contribution in [2.75, 3.05) is 6.54 Å². The van der Waals surface area contributed by atoms with Crippen LogP contribution in [-0.2, 0) is 4.79 Å². The smallest absolute Gasteiger partial charge is 0.253 e. The van der Waals surface area contributed by atoms with Crippen LogP contribution in [0.3, 0.4) is 0 Å². The molecule has 3 heteroatoms. The summed E-state index contributed by atoms with van der Waals surface area (Å²) in [6, 6.07) is 5.65. The predicted octanol–water partition coefficient (Wildman–Crippen LogP) is 1.47. The van der Waals surface area contributed by atoms with E-state index in [4.69, 9.17) is 0 Å². The molecule has 0 aliphatic heterocycles. The van der Waals surface area contributed by atoms with Gasteiger partial charge in [-0.2, -0.15) is 0 Å². The number of aryl methyl sites for hydroxylation is 2. The van der Waals surface area contributed by atoms with Gasteiger partial charge in [0.05, 0.1) is 0 Å². The summed E-state index contributed by atoms with van der Waals surface area (Å²) in [5.41, 5.74) is 2.74. The molecule has 0 bridgehead atoms. The van der Waals surface area contributed by atoms with Crippen molar-refractivity contribution >= 4 is 5.91 Å². The lowest BCUT2D eigenvalue weighted by Crippen LogP contribution is -2.29. The van der Waals surface area contributed by atoms with Gasteiger partial charge in [-0.3, -0.25) is 4.79 Å². The molecule has 0 aliphatic rings. The number of likely N-dealkylation sites (N-methyl/N-ethyl adjacent to an activating group) is 1. The first-order chi connectivity index (χ1) is 7.06. The summed E-state index contributed by atoms with van der Waals surface area (Å²) < 4.78 is 0. The minimum Gasteiger partial charge on any atom is -0.378 e. The van der Waals surface area contributed by atoms with E-state index in [0.29, 0.717) is 12.1 Å². The summed E-state index contributed by atoms with van der Waals surface area (Å²) in [6.45, 7) is 6.23. The summed E-state index contributed by atoms with van der Waals surface area (Å²) >= 11 is 0. The second kappa shape index (κ2) is 4.94. The number of nitrogens with one attached hydrogen (secondary N) is 1. The lowest BCUT2D eigenvalue weighted by atomic mass is 10.0. The fourth-order valence-corrected chi connectivity index (χ4v) is 1.54. The molecule has 0 spiro atoms. The number of amides is 1. The Labute approximate surface area is 90.1 Å². The first-order valence-corrected chi connectivity index (χ1v) is 5.09. The van der Waals surface area contributed by atoms with Crippen molar-refractivity contribution in [1.82, 2.24) is 5.32 Å². The van der Waals surface area contributed by atoms with Gasteiger partial charge in [-0.25, -0.2) is 0 Å². The molecule has 2 N–H and O–H groups in total. The number of hydrogen-bond acceptors (Lipinski definition) is 2. The maximum absolute atomic E-state index is 11.4. The Kier molecular flexibility index (Phi) is 3.86. The third-order valence-electron chi connectivity index (χ3n) is 2.32. The number of carbonyl (C=O) groups is 1. The second-order valence-electron chi connectivity index (χ2n) is 3.66. The van der Waals surface area contributed by atoms with E-state index in [1.807, 2.05) is 32.9 Å². The van der Waals surface area contributed by atoms with Crippen LogP contribution in [0.15, 0.2) is 18.2 Å². The number of aliphatic hydroxyl groups excluding tert-OH is 1. The third-order valence-corrected chi connectivity index (χ3v) is 2.32. The molecule has 15 heavy (non-hydrogen) atoms. The molecule has 1 unspecified atom stereocenters. The highest BCUT2D eigenvalue weighted by atomic mass is 16.3. The van der Waals surface area contributed by atoms with Crippen molar-refractivity contribution in [1.29, 1.82) is 0 Å². The van der Waals surface area contributed by atoms with E-state index < -0.39 is 6.10 Å². The fraction of sp³-hybridized carbons (Fsp3) is 0.417. The standard InChI is InChI=1S/C12H17NO2/c1-4-13-12(15)11(14)10-6-5-8(2)7-9(10)3/h5-7,11,14H,4H2,1-3H3,(H,13,15). The van der Waals surface area contributed by atoms with Crippen LogP contribution in [0, 0.1) is 13.8 Å². The Morgan fingerprint density at radius 1 is 1.47 bits per heavy atom. The Hall–Kier alpha value is -1.35. The van der Waals surface area contributed by atoms with Crippen LogP contribution in [-0.4, -0.2) is 17.6 Å². The van der Waals surface area contributed by atoms with Crippen LogP contribution in [0.5, 0.6) is 0 Å². The molecular weight excluding hydrogens is 190 g/mol. The van der Waals surface area contributed by atoms with Crippen LogP contribution in [0.4, 0.5) is 0 Å². The van der Waals surface area contributed by atoms with E-state index in [1.54, 1.807) is 6.07 Å². The third kappa shape index (κ3) is 2.80. The molecule has 0 radical (unpaired) electrons. The van der Waals surface area contributed by atoms with Crippen molar-refractivity contribution in [2.45, 2.75) is 26.9 Å². The highest BCUT2D eigenvalue weighted by Crippen LogP contribution is 2.18. The molecular formula is C12H17NO2. The molecule has 0 aromatic heterocycles. The Morgan fingerprint density at radius 3 is 2.67 bits per heavy atom. The van der Waals surface area contributed by atoms with Gasteiger partial charge in [0.2, 0.25) is 0 Å². The first-order valence-electron chi connectivity index (χ1n) is 5.09. The predicted molar refractivity (Wildman–Crippen MR) is 59.6 cm³/mol. The van der Waals surface area contributed by atoms with Gasteiger partial charge in [-0.05, 0) is 31.9 Å². The number of hydrogen-bond donors (Lipinski definition) is 2. The number of aliphatic hydroxyl groups is 1. The zero-order chi connectivity index (χ0) is 11.4. The molecule has 0 saturated carbocycles. The van der Waals surface area contributed by atoms with Crippen LogP contribution >= 0.6 is 0 Å². The number of carbonyl (C=O) groups excluding carboxylic acids is 1. The summed E-state index contributed by atoms with van der Waals surface area (Å²) in [4.78, 5) is 11.4. The Bertz CT molecular complexity index is 361. The number of rotatable bonds is 3. The van der Waals surface area contributed by atoms with Crippen molar-refractivity contribution < 1.29 is 9.90 Å². The lowest BCUT2D eigenvalue weighted by molar-refractivity contribution is -0.129. The van der Waals surface area contributed by atoms with Gasteiger partial charge in [-0.15, -0.1) is 0 Å². The van der Waals surface area contributed by atoms with Crippen molar-refractivity contribution in [2.24, 2.45) is 0 Å². The zero-order valence-electron chi connectivity index (χ0n) is 9.37. The van der Waals surface area contributed by atoms with E-state index in [9.17, 15) is 9.90 Å². The first kappa shape index (κ1) is 11.7. The molecule has 0 saturated heterocycles. The quantitative estimate of drug-likeness (QED) is 0.788. The van der Waals surface area contributed by atoms with Gasteiger partial charge in [-0.1, -0.05) is 23.8 Å². The summed E-state index contributed by atoms with van der Waals surface area (Å²) in [5.74, 6) is -0.343. The topological polar surface area (TPSA) is 49.3 Å². The van der Waals surface area contributed by atoms with Gasteiger partial charge in [0, 0.05) is 6.54 Å². The second-order valence-corrected chi connectivity index (χ2v) is 3.66. The van der Waals surface area contributed by atoms with E-state index in [0.717, 1.165) is 11.1 Å². The molecule has 1 aromatic rings. The summed E-state index contributed by atoms with van der Waals surface area (Å²) in [5, 5.41) is 12.4. The van der Waals surface area contributed by atoms with Crippen LogP contribution in [0.1, 0.15) is 29.7 Å². The molecule has 1 aromatic carbocycles. The minimum atomic E-state index is -1.06. The molecule has 0 heterocycles. The van der Waals surface area contributed by atoms with Gasteiger partial charge >= 0.3 is 0 Å². The maximum atomic E-state index is 11.4. The highest BCUT2D eigenvalue weighted by molar-refractivity contribution is 5.82. The summed E-state index contributed by atoms with van der Waals surface area (Å²) in [6.07, 6.45) is -1.06. The molecule has 0 fully saturated rings. The van der Waals surface area contributed by atoms with Gasteiger partial charge < -0.3 is 10.4 Å². The van der Waals surface area contributed by atoms with E-state index >= 15 is 0 Å². The largest absolute Gasteiger partial charge is 0.378 e. The SMILES string of the molecule is CCNC(=O)C(O)c1ccc(C)cc1C. The molecule has 1 amide bonds. The summed E-state index contributed by atoms with van der Waals surface area (Å²) in [7, 11) is 0. The Balaban J connectivity index is 2.91. The molecule has 0 aliphatic carbocycles. The Morgan fingerprint density at radius 2 is 2.13 bits per heavy atom. The van der Waals surface area contributed by atoms with Gasteiger partial charge in [0.15, 0.2) is 6.10 Å². The zero-order valence-corrected chi connectivity index (χ0v) is 9.37. The molecule has 3 nitrogen and oxygen atoms in total. The van der Waals surface area contributed by atoms with Crippen LogP contribution in [0.2, 0.25) is 0 Å². The van der Waals surface area contributed by atoms with Crippen LogP contribution in [0.25, 0.3) is 0 Å². The lowest BCUT2D eigenvalue weighted by Gasteiger charge is -2.13. The van der Waals surface area contributed by atoms with Gasteiger partial charge in [0.1, 0.15) is 0 Å². The average Bonchev–Trinajstić information content (AvgIpc) is 2.17. The fourth-order valence-electron chi connectivity index (χ4n) is 1.54. The van der Waals surface area contributed by atoms with Crippen molar-refractivity contribution in [3.8, 4) is 0 Å². The minimum absolute atomic E-state index is 0.343. The normalized spacial score (nSPS) is 12.3.